The molecule has 170 valence electrons. The van der Waals surface area contributed by atoms with Crippen LogP contribution in [-0.2, 0) is 0 Å². The molecule has 0 radical (unpaired) electrons. The van der Waals surface area contributed by atoms with Crippen LogP contribution >= 0.6 is 23.2 Å². The number of fused-ring (bicyclic) bond motifs is 7. The first-order valence-electron chi connectivity index (χ1n) is 12.4. The minimum absolute atomic E-state index is 0.372. The van der Waals surface area contributed by atoms with Gasteiger partial charge in [0.2, 0.25) is 0 Å². The summed E-state index contributed by atoms with van der Waals surface area (Å²) in [5.41, 5.74) is 13.3. The predicted molar refractivity (Wildman–Crippen MR) is 158 cm³/mol. The first-order chi connectivity index (χ1) is 17.7. The lowest BCUT2D eigenvalue weighted by molar-refractivity contribution is 1.18. The summed E-state index contributed by atoms with van der Waals surface area (Å²) < 4.78 is 2.48. The fourth-order valence-electron chi connectivity index (χ4n) is 5.95. The predicted octanol–water partition coefficient (Wildman–Crippen LogP) is 8.64. The van der Waals surface area contributed by atoms with Gasteiger partial charge in [-0.15, -0.1) is 0 Å². The molecule has 2 aliphatic rings. The summed E-state index contributed by atoms with van der Waals surface area (Å²) in [5.74, 6) is 0. The van der Waals surface area contributed by atoms with Crippen LogP contribution in [0.3, 0.4) is 0 Å². The summed E-state index contributed by atoms with van der Waals surface area (Å²) in [6.07, 6.45) is 0. The van der Waals surface area contributed by atoms with Crippen molar-refractivity contribution in [3.05, 3.63) is 108 Å². The molecular weight excluding hydrogens is 473 g/mol. The number of nitrogens with zero attached hydrogens (tertiary/aromatic N) is 1. The molecule has 3 heterocycles. The molecule has 0 saturated carbocycles. The Bertz CT molecular complexity index is 1750. The van der Waals surface area contributed by atoms with Crippen LogP contribution in [0, 0.1) is 13.8 Å². The summed E-state index contributed by atoms with van der Waals surface area (Å²) in [5, 5.41) is 3.02. The molecule has 5 aromatic carbocycles. The van der Waals surface area contributed by atoms with Crippen molar-refractivity contribution >= 4 is 55.8 Å². The maximum Gasteiger partial charge on any atom is 0.318 e. The third-order valence-electron chi connectivity index (χ3n) is 7.56. The second-order valence-corrected chi connectivity index (χ2v) is 12.5. The molecule has 1 nitrogen and oxygen atoms in total. The van der Waals surface area contributed by atoms with Crippen LogP contribution in [0.2, 0.25) is 0 Å². The van der Waals surface area contributed by atoms with Gasteiger partial charge >= 0.3 is 5.27 Å². The van der Waals surface area contributed by atoms with Crippen molar-refractivity contribution in [2.24, 2.45) is 0 Å². The Kier molecular flexibility index (Phi) is 4.38. The second-order valence-electron chi connectivity index (χ2n) is 9.89. The van der Waals surface area contributed by atoms with Crippen LogP contribution in [0.1, 0.15) is 11.1 Å². The van der Waals surface area contributed by atoms with E-state index in [1.54, 1.807) is 0 Å². The zero-order chi connectivity index (χ0) is 24.0. The molecule has 4 heteroatoms. The van der Waals surface area contributed by atoms with Crippen LogP contribution in [-0.4, -0.2) is 9.84 Å². The van der Waals surface area contributed by atoms with Crippen LogP contribution in [0.5, 0.6) is 0 Å². The molecule has 0 fully saturated rings. The van der Waals surface area contributed by atoms with E-state index in [0.717, 1.165) is 0 Å². The van der Waals surface area contributed by atoms with Gasteiger partial charge < -0.3 is 4.57 Å². The third kappa shape index (κ3) is 2.89. The molecule has 1 aromatic heterocycles. The number of hydrogen-bond donors (Lipinski definition) is 0. The largest absolute Gasteiger partial charge is 0.318 e. The Morgan fingerprint density at radius 3 is 1.58 bits per heavy atom. The number of aryl methyl sites for hydroxylation is 2. The third-order valence-corrected chi connectivity index (χ3v) is 10.3. The van der Waals surface area contributed by atoms with Gasteiger partial charge in [0, 0.05) is 26.3 Å². The Labute approximate surface area is 219 Å². The fraction of sp³-hybridized carbons (Fsp3) is 0.0625. The van der Waals surface area contributed by atoms with Gasteiger partial charge in [-0.05, 0) is 90.1 Å². The van der Waals surface area contributed by atoms with Crippen LogP contribution in [0.25, 0.3) is 49.7 Å². The average Bonchev–Trinajstić information content (AvgIpc) is 3.21. The molecule has 0 spiro atoms. The zero-order valence-corrected chi connectivity index (χ0v) is 21.7. The van der Waals surface area contributed by atoms with Crippen molar-refractivity contribution in [3.63, 3.8) is 0 Å². The molecule has 36 heavy (non-hydrogen) atoms. The van der Waals surface area contributed by atoms with Crippen molar-refractivity contribution in [3.8, 4) is 27.9 Å². The lowest BCUT2D eigenvalue weighted by atomic mass is 9.77. The maximum atomic E-state index is 2.48. The van der Waals surface area contributed by atoms with Gasteiger partial charge in [0.1, 0.15) is 0 Å². The normalized spacial score (nSPS) is 13.6. The van der Waals surface area contributed by atoms with Crippen LogP contribution in [0.15, 0.2) is 107 Å². The zero-order valence-electron chi connectivity index (χ0n) is 20.1. The summed E-state index contributed by atoms with van der Waals surface area (Å²) >= 11 is 3.99. The fourth-order valence-corrected chi connectivity index (χ4v) is 8.90. The highest BCUT2D eigenvalue weighted by Crippen LogP contribution is 2.50. The highest BCUT2D eigenvalue weighted by atomic mass is 32.2. The lowest BCUT2D eigenvalue weighted by Crippen LogP contribution is -2.33. The smallest absolute Gasteiger partial charge is 0.309 e. The van der Waals surface area contributed by atoms with E-state index in [-0.39, 0.29) is 0 Å². The Hall–Kier alpha value is -3.34. The molecule has 8 rings (SSSR count). The molecule has 6 aromatic rings. The first kappa shape index (κ1) is 20.8. The van der Waals surface area contributed by atoms with Crippen molar-refractivity contribution < 1.29 is 0 Å². The minimum Gasteiger partial charge on any atom is -0.309 e. The minimum atomic E-state index is 0.372. The second kappa shape index (κ2) is 7.58. The monoisotopic (exact) mass is 495 g/mol. The van der Waals surface area contributed by atoms with Gasteiger partial charge in [0.15, 0.2) is 0 Å². The number of benzene rings is 5. The van der Waals surface area contributed by atoms with Crippen molar-refractivity contribution in [2.75, 3.05) is 0 Å². The molecule has 0 aliphatic carbocycles. The van der Waals surface area contributed by atoms with Gasteiger partial charge in [-0.3, -0.25) is 0 Å². The van der Waals surface area contributed by atoms with Gasteiger partial charge in [0.05, 0.1) is 11.0 Å². The number of aromatic nitrogens is 1. The van der Waals surface area contributed by atoms with E-state index in [1.807, 2.05) is 23.2 Å². The maximum absolute atomic E-state index is 2.48. The quantitative estimate of drug-likeness (QED) is 0.210. The lowest BCUT2D eigenvalue weighted by Gasteiger charge is -2.32. The van der Waals surface area contributed by atoms with Crippen LogP contribution in [0.4, 0.5) is 0 Å². The van der Waals surface area contributed by atoms with Gasteiger partial charge in [-0.2, -0.15) is 23.2 Å². The summed E-state index contributed by atoms with van der Waals surface area (Å²) in [6, 6.07) is 36.5. The molecule has 2 aliphatic heterocycles. The highest BCUT2D eigenvalue weighted by molar-refractivity contribution is 8.56. The Morgan fingerprint density at radius 2 is 1.06 bits per heavy atom. The topological polar surface area (TPSA) is 4.93 Å². The number of hydrogen-bond acceptors (Lipinski definition) is 2. The van der Waals surface area contributed by atoms with E-state index in [0.29, 0.717) is 5.27 Å². The standard InChI is InChI=1S/C32H22BNS2/c1-19-11-13-28-24(15-19)25-16-20(2)12-14-29(25)34(28)21-17-26-22-7-3-5-9-30(22)35-33-32(26)27(18-21)23-8-4-6-10-31(23)36-33/h3-18H,1-2H3. The van der Waals surface area contributed by atoms with Crippen LogP contribution < -0.4 is 5.46 Å². The molecule has 0 bridgehead atoms. The molecule has 0 saturated heterocycles. The van der Waals surface area contributed by atoms with E-state index in [1.165, 1.54) is 76.1 Å². The average molecular weight is 495 g/mol. The van der Waals surface area contributed by atoms with Crippen molar-refractivity contribution in [1.29, 1.82) is 0 Å². The molecule has 0 N–H and O–H groups in total. The molecular formula is C32H22BNS2. The van der Waals surface area contributed by atoms with E-state index in [4.69, 9.17) is 0 Å². The van der Waals surface area contributed by atoms with E-state index >= 15 is 0 Å². The number of rotatable bonds is 1. The Morgan fingerprint density at radius 1 is 0.556 bits per heavy atom. The van der Waals surface area contributed by atoms with E-state index < -0.39 is 0 Å². The first-order valence-corrected chi connectivity index (χ1v) is 14.1. The molecule has 0 amide bonds. The highest BCUT2D eigenvalue weighted by Gasteiger charge is 2.37. The van der Waals surface area contributed by atoms with Crippen molar-refractivity contribution in [1.82, 2.24) is 4.57 Å². The molecule has 0 atom stereocenters. The SMILES string of the molecule is Cc1ccc2c(c1)c1cc(C)ccc1n2-c1cc2c3c(c1)-c1ccccc1SB3Sc1ccccc1-2. The van der Waals surface area contributed by atoms with Gasteiger partial charge in [-0.25, -0.2) is 0 Å². The summed E-state index contributed by atoms with van der Waals surface area (Å²) in [4.78, 5) is 2.75. The van der Waals surface area contributed by atoms with Crippen molar-refractivity contribution in [2.45, 2.75) is 23.6 Å². The summed E-state index contributed by atoms with van der Waals surface area (Å²) in [6.45, 7) is 4.37. The van der Waals surface area contributed by atoms with E-state index in [2.05, 4.69) is 115 Å². The van der Waals surface area contributed by atoms with Gasteiger partial charge in [-0.1, -0.05) is 59.7 Å². The Balaban J connectivity index is 1.52. The van der Waals surface area contributed by atoms with Gasteiger partial charge in [0.25, 0.3) is 0 Å². The van der Waals surface area contributed by atoms with E-state index in [9.17, 15) is 0 Å². The molecule has 0 unspecified atom stereocenters. The summed E-state index contributed by atoms with van der Waals surface area (Å²) in [7, 11) is 0.